The monoisotopic (exact) mass is 176 g/mol. The molecule has 0 aliphatic heterocycles. The first-order chi connectivity index (χ1) is 4.61. The summed E-state index contributed by atoms with van der Waals surface area (Å²) in [4.78, 5) is 5.11. The highest BCUT2D eigenvalue weighted by molar-refractivity contribution is 7.15. The van der Waals surface area contributed by atoms with Gasteiger partial charge in [0.2, 0.25) is 0 Å². The second-order valence-corrected chi connectivity index (χ2v) is 3.82. The Hall–Kier alpha value is -0.120. The minimum atomic E-state index is 0.0463. The Kier molecular flexibility index (Phi) is 2.28. The minimum absolute atomic E-state index is 0.0463. The smallest absolute Gasteiger partial charge is 0.184 e. The largest absolute Gasteiger partial charge is 0.323 e. The maximum Gasteiger partial charge on any atom is 0.184 e. The molecule has 10 heavy (non-hydrogen) atoms. The van der Waals surface area contributed by atoms with Crippen LogP contribution in [0.4, 0.5) is 0 Å². The average Bonchev–Trinajstić information content (AvgIpc) is 2.10. The maximum atomic E-state index is 5.66. The lowest BCUT2D eigenvalue weighted by Crippen LogP contribution is -2.03. The zero-order valence-electron chi connectivity index (χ0n) is 5.89. The van der Waals surface area contributed by atoms with Crippen LogP contribution in [0.2, 0.25) is 4.47 Å². The molecule has 2 N–H and O–H groups in total. The molecule has 1 unspecified atom stereocenters. The summed E-state index contributed by atoms with van der Waals surface area (Å²) in [7, 11) is 0. The van der Waals surface area contributed by atoms with Crippen molar-refractivity contribution >= 4 is 22.9 Å². The summed E-state index contributed by atoms with van der Waals surface area (Å²) < 4.78 is 0.574. The molecule has 0 saturated carbocycles. The quantitative estimate of drug-likeness (QED) is 0.712. The van der Waals surface area contributed by atoms with Gasteiger partial charge in [0.05, 0.1) is 5.69 Å². The summed E-state index contributed by atoms with van der Waals surface area (Å²) in [6.45, 7) is 3.85. The molecular weight excluding hydrogens is 168 g/mol. The van der Waals surface area contributed by atoms with Crippen LogP contribution >= 0.6 is 22.9 Å². The van der Waals surface area contributed by atoms with Gasteiger partial charge < -0.3 is 5.73 Å². The van der Waals surface area contributed by atoms with Crippen LogP contribution in [0, 0.1) is 6.92 Å². The van der Waals surface area contributed by atoms with Gasteiger partial charge in [-0.25, -0.2) is 4.98 Å². The van der Waals surface area contributed by atoms with Gasteiger partial charge >= 0.3 is 0 Å². The summed E-state index contributed by atoms with van der Waals surface area (Å²) in [5, 5.41) is 0. The van der Waals surface area contributed by atoms with Gasteiger partial charge in [0.1, 0.15) is 0 Å². The molecular formula is C6H9ClN2S. The number of rotatable bonds is 1. The van der Waals surface area contributed by atoms with Crippen LogP contribution < -0.4 is 5.73 Å². The van der Waals surface area contributed by atoms with Crippen LogP contribution in [-0.2, 0) is 0 Å². The van der Waals surface area contributed by atoms with Gasteiger partial charge in [-0.05, 0) is 13.8 Å². The van der Waals surface area contributed by atoms with Crippen molar-refractivity contribution in [2.45, 2.75) is 19.9 Å². The van der Waals surface area contributed by atoms with Gasteiger partial charge in [-0.1, -0.05) is 11.6 Å². The number of aromatic nitrogens is 1. The van der Waals surface area contributed by atoms with Crippen LogP contribution in [-0.4, -0.2) is 4.98 Å². The van der Waals surface area contributed by atoms with Crippen molar-refractivity contribution in [1.29, 1.82) is 0 Å². The molecule has 0 spiro atoms. The highest BCUT2D eigenvalue weighted by Gasteiger charge is 2.08. The van der Waals surface area contributed by atoms with E-state index < -0.39 is 0 Å². The van der Waals surface area contributed by atoms with Gasteiger partial charge in [-0.3, -0.25) is 0 Å². The molecule has 1 rings (SSSR count). The van der Waals surface area contributed by atoms with E-state index in [0.717, 1.165) is 10.6 Å². The molecule has 0 radical (unpaired) electrons. The summed E-state index contributed by atoms with van der Waals surface area (Å²) >= 11 is 7.11. The summed E-state index contributed by atoms with van der Waals surface area (Å²) in [6, 6.07) is 0.0463. The molecule has 0 amide bonds. The summed E-state index contributed by atoms with van der Waals surface area (Å²) in [6.07, 6.45) is 0. The Morgan fingerprint density at radius 1 is 1.70 bits per heavy atom. The molecule has 1 atom stereocenters. The zero-order valence-corrected chi connectivity index (χ0v) is 7.46. The van der Waals surface area contributed by atoms with Crippen molar-refractivity contribution in [2.75, 3.05) is 0 Å². The van der Waals surface area contributed by atoms with Crippen molar-refractivity contribution in [3.05, 3.63) is 15.0 Å². The fourth-order valence-corrected chi connectivity index (χ4v) is 1.92. The van der Waals surface area contributed by atoms with E-state index in [1.165, 1.54) is 11.3 Å². The van der Waals surface area contributed by atoms with E-state index in [-0.39, 0.29) is 6.04 Å². The van der Waals surface area contributed by atoms with Crippen molar-refractivity contribution in [3.63, 3.8) is 0 Å². The molecule has 0 saturated heterocycles. The normalized spacial score (nSPS) is 13.6. The third-order valence-corrected chi connectivity index (χ3v) is 2.68. The number of hydrogen-bond donors (Lipinski definition) is 1. The van der Waals surface area contributed by atoms with Crippen LogP contribution in [0.3, 0.4) is 0 Å². The van der Waals surface area contributed by atoms with E-state index in [9.17, 15) is 0 Å². The van der Waals surface area contributed by atoms with Crippen LogP contribution in [0.5, 0.6) is 0 Å². The maximum absolute atomic E-state index is 5.66. The molecule has 4 heteroatoms. The van der Waals surface area contributed by atoms with Gasteiger partial charge in [-0.15, -0.1) is 11.3 Å². The second kappa shape index (κ2) is 2.86. The number of thiazole rings is 1. The standard InChI is InChI=1S/C6H9ClN2S/c1-3(8)5-4(2)9-6(7)10-5/h3H,8H2,1-2H3. The Balaban J connectivity index is 3.03. The summed E-state index contributed by atoms with van der Waals surface area (Å²) in [5.74, 6) is 0. The van der Waals surface area contributed by atoms with E-state index in [2.05, 4.69) is 4.98 Å². The minimum Gasteiger partial charge on any atom is -0.323 e. The topological polar surface area (TPSA) is 38.9 Å². The predicted molar refractivity (Wildman–Crippen MR) is 44.5 cm³/mol. The van der Waals surface area contributed by atoms with Gasteiger partial charge in [0.25, 0.3) is 0 Å². The molecule has 0 aliphatic carbocycles. The van der Waals surface area contributed by atoms with Crippen LogP contribution in [0.15, 0.2) is 0 Å². The Bertz CT molecular complexity index is 232. The Labute approximate surface area is 69.0 Å². The second-order valence-electron chi connectivity index (χ2n) is 2.21. The van der Waals surface area contributed by atoms with E-state index in [1.807, 2.05) is 13.8 Å². The molecule has 0 bridgehead atoms. The molecule has 1 heterocycles. The van der Waals surface area contributed by atoms with Crippen molar-refractivity contribution < 1.29 is 0 Å². The number of hydrogen-bond acceptors (Lipinski definition) is 3. The van der Waals surface area contributed by atoms with Crippen LogP contribution in [0.25, 0.3) is 0 Å². The predicted octanol–water partition coefficient (Wildman–Crippen LogP) is 2.12. The fourth-order valence-electron chi connectivity index (χ4n) is 0.797. The highest BCUT2D eigenvalue weighted by atomic mass is 35.5. The highest BCUT2D eigenvalue weighted by Crippen LogP contribution is 2.26. The molecule has 0 aromatic carbocycles. The van der Waals surface area contributed by atoms with Crippen LogP contribution in [0.1, 0.15) is 23.5 Å². The number of halogens is 1. The fraction of sp³-hybridized carbons (Fsp3) is 0.500. The van der Waals surface area contributed by atoms with Gasteiger partial charge in [0, 0.05) is 10.9 Å². The first-order valence-electron chi connectivity index (χ1n) is 2.99. The molecule has 56 valence electrons. The lowest BCUT2D eigenvalue weighted by molar-refractivity contribution is 0.825. The molecule has 1 aromatic rings. The Morgan fingerprint density at radius 3 is 2.50 bits per heavy atom. The lowest BCUT2D eigenvalue weighted by Gasteiger charge is -1.99. The van der Waals surface area contributed by atoms with Gasteiger partial charge in [0.15, 0.2) is 4.47 Å². The Morgan fingerprint density at radius 2 is 2.30 bits per heavy atom. The first-order valence-corrected chi connectivity index (χ1v) is 4.19. The first kappa shape index (κ1) is 7.98. The third-order valence-electron chi connectivity index (χ3n) is 1.22. The van der Waals surface area contributed by atoms with Gasteiger partial charge in [-0.2, -0.15) is 0 Å². The third kappa shape index (κ3) is 1.48. The van der Waals surface area contributed by atoms with E-state index in [1.54, 1.807) is 0 Å². The molecule has 2 nitrogen and oxygen atoms in total. The van der Waals surface area contributed by atoms with E-state index >= 15 is 0 Å². The SMILES string of the molecule is Cc1nc(Cl)sc1C(C)N. The zero-order chi connectivity index (χ0) is 7.72. The van der Waals surface area contributed by atoms with E-state index in [4.69, 9.17) is 17.3 Å². The molecule has 0 fully saturated rings. The van der Waals surface area contributed by atoms with Crippen molar-refractivity contribution in [3.8, 4) is 0 Å². The van der Waals surface area contributed by atoms with Crippen molar-refractivity contribution in [1.82, 2.24) is 4.98 Å². The molecule has 0 aliphatic rings. The number of aryl methyl sites for hydroxylation is 1. The van der Waals surface area contributed by atoms with E-state index in [0.29, 0.717) is 4.47 Å². The summed E-state index contributed by atoms with van der Waals surface area (Å²) in [5.41, 5.74) is 6.59. The number of nitrogens with zero attached hydrogens (tertiary/aromatic N) is 1. The average molecular weight is 177 g/mol. The number of nitrogens with two attached hydrogens (primary N) is 1. The molecule has 1 aromatic heterocycles. The van der Waals surface area contributed by atoms with Crippen molar-refractivity contribution in [2.24, 2.45) is 5.73 Å². The lowest BCUT2D eigenvalue weighted by atomic mass is 10.2.